The Labute approximate surface area is 82.8 Å². The van der Waals surface area contributed by atoms with Gasteiger partial charge in [-0.3, -0.25) is 4.79 Å². The summed E-state index contributed by atoms with van der Waals surface area (Å²) in [5, 5.41) is 7.02. The summed E-state index contributed by atoms with van der Waals surface area (Å²) in [6.45, 7) is -0.250. The Kier molecular flexibility index (Phi) is 5.73. The van der Waals surface area contributed by atoms with Gasteiger partial charge in [-0.05, 0) is 0 Å². The van der Waals surface area contributed by atoms with E-state index >= 15 is 0 Å². The number of rotatable bonds is 0. The van der Waals surface area contributed by atoms with Gasteiger partial charge in [-0.25, -0.2) is 0 Å². The molecule has 0 saturated carbocycles. The zero-order valence-corrected chi connectivity index (χ0v) is 7.05. The van der Waals surface area contributed by atoms with E-state index in [2.05, 4.69) is 4.98 Å². The van der Waals surface area contributed by atoms with E-state index in [1.54, 1.807) is 17.7 Å². The molecule has 1 rings (SSSR count). The number of pyridine rings is 1. The number of hydrogen-bond donors (Lipinski definition) is 1. The number of carboxylic acid groups (broad SMARTS) is 1. The molecular formula is C6H4ClFLiNO2. The van der Waals surface area contributed by atoms with Crippen LogP contribution in [-0.4, -0.2) is 34.3 Å². The van der Waals surface area contributed by atoms with Gasteiger partial charge in [0.05, 0.1) is 0 Å². The standard InChI is InChI=1S/C5H2ClFN.CH2O2.Li/c6-4-1-2-8-3-5(4)7;2-1-3;/h1-2H;1H,(H,2,3);. The first kappa shape index (κ1) is 11.4. The first-order chi connectivity index (χ1) is 5.63. The summed E-state index contributed by atoms with van der Waals surface area (Å²) in [5.74, 6) is -0.431. The Morgan fingerprint density at radius 3 is 2.58 bits per heavy atom. The molecule has 0 aliphatic carbocycles. The van der Waals surface area contributed by atoms with Crippen LogP contribution in [-0.2, 0) is 4.79 Å². The van der Waals surface area contributed by atoms with Gasteiger partial charge in [-0.2, -0.15) is 0 Å². The number of hydrogen-bond acceptors (Lipinski definition) is 2. The molecule has 1 heterocycles. The van der Waals surface area contributed by atoms with Crippen molar-refractivity contribution in [3.05, 3.63) is 23.1 Å². The molecule has 0 aliphatic rings. The molecule has 1 N–H and O–H groups in total. The summed E-state index contributed by atoms with van der Waals surface area (Å²) in [4.78, 5) is 12.0. The first-order valence-electron chi connectivity index (χ1n) is 2.98. The summed E-state index contributed by atoms with van der Waals surface area (Å²) in [6.07, 6.45) is 1.47. The van der Waals surface area contributed by atoms with Gasteiger partial charge < -0.3 is 5.11 Å². The molecule has 0 radical (unpaired) electrons. The Morgan fingerprint density at radius 2 is 2.25 bits per heavy atom. The van der Waals surface area contributed by atoms with E-state index in [-0.39, 0.29) is 11.5 Å². The summed E-state index contributed by atoms with van der Waals surface area (Å²) >= 11 is 6.97. The van der Waals surface area contributed by atoms with Crippen LogP contribution in [0.3, 0.4) is 0 Å². The van der Waals surface area contributed by atoms with Crippen LogP contribution in [0.4, 0.5) is 4.39 Å². The minimum atomic E-state index is -0.431. The molecule has 0 spiro atoms. The maximum absolute atomic E-state index is 12.5. The topological polar surface area (TPSA) is 50.2 Å². The predicted octanol–water partition coefficient (Wildman–Crippen LogP) is 0.369. The van der Waals surface area contributed by atoms with Crippen LogP contribution in [0.2, 0.25) is 5.02 Å². The summed E-state index contributed by atoms with van der Waals surface area (Å²) in [6, 6.07) is 1.42. The summed E-state index contributed by atoms with van der Waals surface area (Å²) in [7, 11) is 0. The zero-order chi connectivity index (χ0) is 9.56. The Hall–Kier alpha value is -0.563. The quantitative estimate of drug-likeness (QED) is 0.467. The van der Waals surface area contributed by atoms with Crippen molar-refractivity contribution in [2.45, 2.75) is 0 Å². The van der Waals surface area contributed by atoms with E-state index in [9.17, 15) is 4.39 Å². The van der Waals surface area contributed by atoms with Crippen LogP contribution in [0.15, 0.2) is 12.3 Å². The van der Waals surface area contributed by atoms with Crippen molar-refractivity contribution in [2.75, 3.05) is 0 Å². The Morgan fingerprint density at radius 1 is 1.75 bits per heavy atom. The van der Waals surface area contributed by atoms with Gasteiger partial charge in [0, 0.05) is 0 Å². The molecule has 60 valence electrons. The summed E-state index contributed by atoms with van der Waals surface area (Å²) in [5.41, 5.74) is 0. The van der Waals surface area contributed by atoms with Gasteiger partial charge in [0.15, 0.2) is 0 Å². The van der Waals surface area contributed by atoms with Crippen LogP contribution >= 0.6 is 11.6 Å². The van der Waals surface area contributed by atoms with Crippen molar-refractivity contribution in [1.82, 2.24) is 4.98 Å². The molecule has 6 heteroatoms. The van der Waals surface area contributed by atoms with Crippen molar-refractivity contribution in [2.24, 2.45) is 0 Å². The molecule has 0 bridgehead atoms. The second-order valence-corrected chi connectivity index (χ2v) is 2.20. The average Bonchev–Trinajstić information content (AvgIpc) is 2.02. The fraction of sp³-hybridized carbons (Fsp3) is 0. The normalized spacial score (nSPS) is 8.33. The molecule has 0 amide bonds. The van der Waals surface area contributed by atoms with Gasteiger partial charge in [0.25, 0.3) is 6.47 Å². The van der Waals surface area contributed by atoms with Crippen LogP contribution in [0, 0.1) is 5.82 Å². The molecule has 3 nitrogen and oxygen atoms in total. The van der Waals surface area contributed by atoms with Crippen LogP contribution in [0.1, 0.15) is 0 Å². The third kappa shape index (κ3) is 3.72. The van der Waals surface area contributed by atoms with Crippen molar-refractivity contribution in [3.63, 3.8) is 0 Å². The van der Waals surface area contributed by atoms with E-state index in [0.29, 0.717) is 4.37 Å². The molecule has 1 aromatic rings. The average molecular weight is 183 g/mol. The van der Waals surface area contributed by atoms with E-state index in [1.165, 1.54) is 12.3 Å². The fourth-order valence-corrected chi connectivity index (χ4v) is 0.710. The Balaban J connectivity index is 0.000000354. The van der Waals surface area contributed by atoms with Gasteiger partial charge in [-0.15, -0.1) is 0 Å². The maximum atomic E-state index is 12.5. The van der Waals surface area contributed by atoms with Crippen LogP contribution in [0.25, 0.3) is 0 Å². The van der Waals surface area contributed by atoms with Crippen LogP contribution in [0.5, 0.6) is 0 Å². The van der Waals surface area contributed by atoms with Crippen molar-refractivity contribution in [3.8, 4) is 0 Å². The van der Waals surface area contributed by atoms with E-state index < -0.39 is 5.82 Å². The van der Waals surface area contributed by atoms with Gasteiger partial charge in [0.2, 0.25) is 0 Å². The predicted molar refractivity (Wildman–Crippen MR) is 43.3 cm³/mol. The molecule has 12 heavy (non-hydrogen) atoms. The summed E-state index contributed by atoms with van der Waals surface area (Å²) < 4.78 is 12.9. The van der Waals surface area contributed by atoms with E-state index in [4.69, 9.17) is 21.5 Å². The fourth-order valence-electron chi connectivity index (χ4n) is 0.517. The third-order valence-corrected chi connectivity index (χ3v) is 1.31. The number of carbonyl (C=O) groups is 1. The molecule has 0 fully saturated rings. The van der Waals surface area contributed by atoms with Gasteiger partial charge >= 0.3 is 66.2 Å². The van der Waals surface area contributed by atoms with Gasteiger partial charge in [0.1, 0.15) is 0 Å². The van der Waals surface area contributed by atoms with Crippen molar-refractivity contribution in [1.29, 1.82) is 0 Å². The molecule has 0 aromatic carbocycles. The van der Waals surface area contributed by atoms with E-state index in [0.717, 1.165) is 0 Å². The van der Waals surface area contributed by atoms with Crippen molar-refractivity contribution >= 4 is 40.2 Å². The zero-order valence-electron chi connectivity index (χ0n) is 6.29. The minimum absolute atomic E-state index is 0.127. The monoisotopic (exact) mass is 183 g/mol. The van der Waals surface area contributed by atoms with Crippen LogP contribution < -0.4 is 4.37 Å². The first-order valence-corrected chi connectivity index (χ1v) is 3.35. The number of aromatic nitrogens is 1. The van der Waals surface area contributed by atoms with E-state index in [1.807, 2.05) is 0 Å². The third-order valence-electron chi connectivity index (χ3n) is 1.02. The molecular weight excluding hydrogens is 179 g/mol. The second-order valence-electron chi connectivity index (χ2n) is 1.80. The SMILES string of the molecule is O=CO.[Li][c]1nccc(Cl)c1F. The number of halogens is 2. The molecule has 1 aromatic heterocycles. The molecule has 0 unspecified atom stereocenters. The Bertz CT molecular complexity index is 251. The molecule has 0 aliphatic heterocycles. The van der Waals surface area contributed by atoms with Gasteiger partial charge in [-0.1, -0.05) is 0 Å². The second kappa shape index (κ2) is 6.01. The number of nitrogens with zero attached hydrogens (tertiary/aromatic N) is 1. The molecule has 0 saturated heterocycles. The molecule has 0 atom stereocenters. The van der Waals surface area contributed by atoms with Crippen molar-refractivity contribution < 1.29 is 14.3 Å².